The Labute approximate surface area is 252 Å². The van der Waals surface area contributed by atoms with Crippen LogP contribution in [0.3, 0.4) is 0 Å². The first kappa shape index (κ1) is 28.3. The molecule has 1 fully saturated rings. The minimum atomic E-state index is -1.92. The second-order valence-corrected chi connectivity index (χ2v) is 11.2. The molecule has 1 saturated heterocycles. The van der Waals surface area contributed by atoms with Crippen molar-refractivity contribution in [2.24, 2.45) is 0 Å². The van der Waals surface area contributed by atoms with Crippen LogP contribution in [0.4, 0.5) is 22.9 Å². The molecule has 1 amide bonds. The summed E-state index contributed by atoms with van der Waals surface area (Å²) in [5, 5.41) is 5.80. The summed E-state index contributed by atoms with van der Waals surface area (Å²) in [5.74, 6) is 0.708. The minimum absolute atomic E-state index is 0.0465. The van der Waals surface area contributed by atoms with Crippen LogP contribution in [0.2, 0.25) is 0 Å². The lowest BCUT2D eigenvalue weighted by Crippen LogP contribution is -2.46. The Morgan fingerprint density at radius 3 is 2.21 bits per heavy atom. The number of hydrogen-bond donors (Lipinski definition) is 3. The molecule has 218 valence electrons. The van der Waals surface area contributed by atoms with Crippen LogP contribution >= 0.6 is 0 Å². The fraction of sp³-hybridized carbons (Fsp3) is 0.188. The SMILES string of the molecule is O=C(Cc1ccc(NCS(=O)O)cc1)Nc1ccc(-c2ccc3ncc(N4CCN(c5ccncc5)CC4)nc3c2)cc1. The number of benzene rings is 3. The molecule has 3 N–H and O–H groups in total. The zero-order valence-corrected chi connectivity index (χ0v) is 24.2. The van der Waals surface area contributed by atoms with Crippen molar-refractivity contribution >= 4 is 50.9 Å². The van der Waals surface area contributed by atoms with Crippen molar-refractivity contribution in [3.63, 3.8) is 0 Å². The van der Waals surface area contributed by atoms with Crippen LogP contribution in [0, 0.1) is 0 Å². The van der Waals surface area contributed by atoms with Crippen molar-refractivity contribution < 1.29 is 13.6 Å². The van der Waals surface area contributed by atoms with E-state index in [1.807, 2.05) is 79.3 Å². The lowest BCUT2D eigenvalue weighted by Gasteiger charge is -2.36. The molecule has 0 saturated carbocycles. The Hall–Kier alpha value is -4.87. The lowest BCUT2D eigenvalue weighted by molar-refractivity contribution is -0.115. The lowest BCUT2D eigenvalue weighted by atomic mass is 10.0. The summed E-state index contributed by atoms with van der Waals surface area (Å²) in [7, 11) is 0. The third-order valence-corrected chi connectivity index (χ3v) is 7.77. The molecule has 0 radical (unpaired) electrons. The van der Waals surface area contributed by atoms with Gasteiger partial charge in [0.25, 0.3) is 0 Å². The van der Waals surface area contributed by atoms with E-state index < -0.39 is 11.1 Å². The van der Waals surface area contributed by atoms with E-state index in [4.69, 9.17) is 9.54 Å². The van der Waals surface area contributed by atoms with Gasteiger partial charge in [0.05, 0.1) is 23.7 Å². The van der Waals surface area contributed by atoms with Crippen LogP contribution in [-0.4, -0.2) is 61.7 Å². The first-order valence-electron chi connectivity index (χ1n) is 14.0. The fourth-order valence-corrected chi connectivity index (χ4v) is 5.39. The molecule has 2 aromatic heterocycles. The van der Waals surface area contributed by atoms with Gasteiger partial charge in [0, 0.05) is 55.6 Å². The molecule has 43 heavy (non-hydrogen) atoms. The van der Waals surface area contributed by atoms with Crippen LogP contribution in [-0.2, 0) is 22.3 Å². The van der Waals surface area contributed by atoms with Gasteiger partial charge in [-0.1, -0.05) is 30.3 Å². The normalized spacial score (nSPS) is 14.0. The standard InChI is InChI=1S/C32H31N7O3S/c40-32(19-23-1-6-26(7-2-23)35-22-43(41)42)36-27-8-3-24(4-9-27)25-5-10-29-30(20-25)37-31(21-34-29)39-17-15-38(16-18-39)28-11-13-33-14-12-28/h1-14,20-21,35H,15-19,22H2,(H,36,40)(H,41,42). The van der Waals surface area contributed by atoms with Gasteiger partial charge in [-0.05, 0) is 65.2 Å². The van der Waals surface area contributed by atoms with Gasteiger partial charge < -0.3 is 25.0 Å². The molecular formula is C32H31N7O3S. The van der Waals surface area contributed by atoms with Gasteiger partial charge in [0.1, 0.15) is 11.7 Å². The monoisotopic (exact) mass is 593 g/mol. The number of pyridine rings is 1. The topological polar surface area (TPSA) is 124 Å². The first-order valence-corrected chi connectivity index (χ1v) is 15.2. The largest absolute Gasteiger partial charge is 0.372 e. The number of fused-ring (bicyclic) bond motifs is 1. The quantitative estimate of drug-likeness (QED) is 0.207. The van der Waals surface area contributed by atoms with Crippen LogP contribution in [0.25, 0.3) is 22.2 Å². The highest BCUT2D eigenvalue weighted by Gasteiger charge is 2.19. The van der Waals surface area contributed by atoms with Gasteiger partial charge in [-0.15, -0.1) is 0 Å². The molecule has 3 aromatic carbocycles. The minimum Gasteiger partial charge on any atom is -0.372 e. The van der Waals surface area contributed by atoms with Crippen molar-refractivity contribution in [2.45, 2.75) is 6.42 Å². The van der Waals surface area contributed by atoms with Gasteiger partial charge >= 0.3 is 0 Å². The van der Waals surface area contributed by atoms with Gasteiger partial charge in [0.15, 0.2) is 11.1 Å². The van der Waals surface area contributed by atoms with E-state index in [1.54, 1.807) is 12.1 Å². The van der Waals surface area contributed by atoms with Gasteiger partial charge in [-0.3, -0.25) is 14.8 Å². The van der Waals surface area contributed by atoms with E-state index in [2.05, 4.69) is 36.5 Å². The predicted octanol–water partition coefficient (Wildman–Crippen LogP) is 4.79. The number of piperazine rings is 1. The second-order valence-electron chi connectivity index (χ2n) is 10.3. The maximum atomic E-state index is 12.6. The molecule has 0 aliphatic carbocycles. The van der Waals surface area contributed by atoms with Crippen molar-refractivity contribution in [3.05, 3.63) is 103 Å². The van der Waals surface area contributed by atoms with Crippen molar-refractivity contribution in [1.82, 2.24) is 15.0 Å². The number of nitrogens with zero attached hydrogens (tertiary/aromatic N) is 5. The molecule has 0 spiro atoms. The number of rotatable bonds is 9. The summed E-state index contributed by atoms with van der Waals surface area (Å²) in [6, 6.07) is 25.1. The van der Waals surface area contributed by atoms with Crippen molar-refractivity contribution in [1.29, 1.82) is 0 Å². The molecule has 1 aliphatic heterocycles. The molecule has 11 heteroatoms. The number of anilines is 4. The summed E-state index contributed by atoms with van der Waals surface area (Å²) < 4.78 is 19.7. The first-order chi connectivity index (χ1) is 21.0. The molecule has 5 aromatic rings. The molecule has 0 bridgehead atoms. The zero-order valence-electron chi connectivity index (χ0n) is 23.4. The predicted molar refractivity (Wildman–Crippen MR) is 172 cm³/mol. The van der Waals surface area contributed by atoms with Gasteiger partial charge in [-0.25, -0.2) is 9.19 Å². The summed E-state index contributed by atoms with van der Waals surface area (Å²) in [4.78, 5) is 31.0. The van der Waals surface area contributed by atoms with E-state index >= 15 is 0 Å². The van der Waals surface area contributed by atoms with Crippen molar-refractivity contribution in [3.8, 4) is 11.1 Å². The summed E-state index contributed by atoms with van der Waals surface area (Å²) >= 11 is -1.92. The van der Waals surface area contributed by atoms with Crippen LogP contribution < -0.4 is 20.4 Å². The average molecular weight is 594 g/mol. The molecule has 3 heterocycles. The molecule has 10 nitrogen and oxygen atoms in total. The van der Waals surface area contributed by atoms with Gasteiger partial charge in [0.2, 0.25) is 5.91 Å². The van der Waals surface area contributed by atoms with E-state index in [-0.39, 0.29) is 18.2 Å². The van der Waals surface area contributed by atoms with E-state index in [1.165, 1.54) is 5.69 Å². The van der Waals surface area contributed by atoms with Crippen molar-refractivity contribution in [2.75, 3.05) is 52.5 Å². The number of aromatic nitrogens is 3. The average Bonchev–Trinajstić information content (AvgIpc) is 3.05. The van der Waals surface area contributed by atoms with Gasteiger partial charge in [-0.2, -0.15) is 0 Å². The Balaban J connectivity index is 1.07. The smallest absolute Gasteiger partial charge is 0.228 e. The summed E-state index contributed by atoms with van der Waals surface area (Å²) in [6.07, 6.45) is 5.73. The highest BCUT2D eigenvalue weighted by molar-refractivity contribution is 7.79. The third kappa shape index (κ3) is 7.14. The fourth-order valence-electron chi connectivity index (χ4n) is 5.10. The maximum Gasteiger partial charge on any atom is 0.228 e. The molecule has 1 aliphatic rings. The Morgan fingerprint density at radius 1 is 0.814 bits per heavy atom. The number of amides is 1. The second kappa shape index (κ2) is 13.0. The highest BCUT2D eigenvalue weighted by atomic mass is 32.2. The van der Waals surface area contributed by atoms with E-state index in [0.29, 0.717) is 5.69 Å². The maximum absolute atomic E-state index is 12.6. The van der Waals surface area contributed by atoms with Crippen LogP contribution in [0.15, 0.2) is 97.5 Å². The molecular weight excluding hydrogens is 562 g/mol. The Kier molecular flexibility index (Phi) is 8.52. The van der Waals surface area contributed by atoms with Crippen LogP contribution in [0.5, 0.6) is 0 Å². The summed E-state index contributed by atoms with van der Waals surface area (Å²) in [5.41, 5.74) is 7.20. The third-order valence-electron chi connectivity index (χ3n) is 7.38. The van der Waals surface area contributed by atoms with Crippen LogP contribution in [0.1, 0.15) is 5.56 Å². The Bertz CT molecular complexity index is 1730. The molecule has 1 unspecified atom stereocenters. The zero-order chi connectivity index (χ0) is 29.6. The molecule has 6 rings (SSSR count). The number of carbonyl (C=O) groups is 1. The number of hydrogen-bond acceptors (Lipinski definition) is 8. The highest BCUT2D eigenvalue weighted by Crippen LogP contribution is 2.26. The Morgan fingerprint density at radius 2 is 1.49 bits per heavy atom. The summed E-state index contributed by atoms with van der Waals surface area (Å²) in [6.45, 7) is 3.55. The number of carbonyl (C=O) groups excluding carboxylic acids is 1. The van der Waals surface area contributed by atoms with E-state index in [0.717, 1.165) is 65.4 Å². The number of nitrogens with one attached hydrogen (secondary N) is 2. The molecule has 1 atom stereocenters. The van der Waals surface area contributed by atoms with E-state index in [9.17, 15) is 9.00 Å².